The van der Waals surface area contributed by atoms with Crippen molar-refractivity contribution in [1.29, 1.82) is 0 Å². The van der Waals surface area contributed by atoms with Crippen molar-refractivity contribution in [1.82, 2.24) is 40.5 Å². The van der Waals surface area contributed by atoms with Crippen molar-refractivity contribution >= 4 is 35.0 Å². The summed E-state index contributed by atoms with van der Waals surface area (Å²) in [5, 5.41) is 5.43. The highest BCUT2D eigenvalue weighted by atomic mass is 35.5. The molecule has 1 aliphatic heterocycles. The van der Waals surface area contributed by atoms with Gasteiger partial charge in [-0.1, -0.05) is 78.1 Å². The topological polar surface area (TPSA) is 172 Å². The number of ether oxygens (including phenoxy) is 4. The Kier molecular flexibility index (Phi) is 14.5. The van der Waals surface area contributed by atoms with Gasteiger partial charge in [-0.15, -0.1) is 9.97 Å². The molecule has 2 aromatic heterocycles. The molecule has 0 fully saturated rings. The van der Waals surface area contributed by atoms with E-state index in [2.05, 4.69) is 54.4 Å². The second kappa shape index (κ2) is 19.7. The summed E-state index contributed by atoms with van der Waals surface area (Å²) in [7, 11) is 0. The van der Waals surface area contributed by atoms with Crippen LogP contribution in [0.5, 0.6) is 47.0 Å². The minimum Gasteiger partial charge on any atom is -0.424 e. The van der Waals surface area contributed by atoms with Gasteiger partial charge in [0, 0.05) is 36.3 Å². The van der Waals surface area contributed by atoms with Crippen molar-refractivity contribution in [2.45, 2.75) is 90.9 Å². The van der Waals surface area contributed by atoms with E-state index >= 15 is 0 Å². The number of rotatable bonds is 16. The smallest absolute Gasteiger partial charge is 0.329 e. The third kappa shape index (κ3) is 12.2. The number of nitrogens with one attached hydrogen (secondary N) is 2. The highest BCUT2D eigenvalue weighted by molar-refractivity contribution is 6.28. The lowest BCUT2D eigenvalue weighted by Gasteiger charge is -2.14. The molecule has 0 saturated heterocycles. The van der Waals surface area contributed by atoms with Crippen molar-refractivity contribution < 1.29 is 28.5 Å². The average Bonchev–Trinajstić information content (AvgIpc) is 3.09. The Morgan fingerprint density at radius 2 is 0.788 bits per heavy atom. The Hall–Kier alpha value is -4.82. The largest absolute Gasteiger partial charge is 0.424 e. The monoisotopic (exact) mass is 752 g/mol. The molecule has 16 heteroatoms. The third-order valence-corrected chi connectivity index (χ3v) is 8.23. The van der Waals surface area contributed by atoms with Crippen LogP contribution in [0.3, 0.4) is 0 Å². The fourth-order valence-corrected chi connectivity index (χ4v) is 5.58. The van der Waals surface area contributed by atoms with Crippen LogP contribution in [0.25, 0.3) is 0 Å². The number of aromatic nitrogens is 6. The summed E-state index contributed by atoms with van der Waals surface area (Å²) >= 11 is 12.5. The first-order chi connectivity index (χ1) is 25.3. The first kappa shape index (κ1) is 38.4. The van der Waals surface area contributed by atoms with Gasteiger partial charge in [0.2, 0.25) is 10.6 Å². The number of amides is 2. The molecule has 3 heterocycles. The number of fused-ring (bicyclic) bond motifs is 8. The molecule has 0 spiro atoms. The van der Waals surface area contributed by atoms with Gasteiger partial charge in [0.1, 0.15) is 23.0 Å². The molecule has 0 atom stereocenters. The van der Waals surface area contributed by atoms with E-state index < -0.39 is 0 Å². The summed E-state index contributed by atoms with van der Waals surface area (Å²) in [6.07, 6.45) is 13.1. The summed E-state index contributed by atoms with van der Waals surface area (Å²) in [5.74, 6) is -0.176. The van der Waals surface area contributed by atoms with E-state index in [9.17, 15) is 9.59 Å². The molecule has 52 heavy (non-hydrogen) atoms. The molecule has 8 bridgehead atoms. The Morgan fingerprint density at radius 1 is 0.481 bits per heavy atom. The lowest BCUT2D eigenvalue weighted by molar-refractivity contribution is 0.0944. The van der Waals surface area contributed by atoms with Gasteiger partial charge in [0.05, 0.1) is 0 Å². The Morgan fingerprint density at radius 3 is 1.12 bits per heavy atom. The maximum absolute atomic E-state index is 13.2. The van der Waals surface area contributed by atoms with Crippen LogP contribution in [-0.2, 0) is 0 Å². The van der Waals surface area contributed by atoms with Crippen LogP contribution in [0, 0.1) is 0 Å². The second-order valence-electron chi connectivity index (χ2n) is 12.2. The third-order valence-electron chi connectivity index (χ3n) is 7.89. The highest BCUT2D eigenvalue weighted by Crippen LogP contribution is 2.33. The molecule has 5 rings (SSSR count). The number of hydrogen-bond acceptors (Lipinski definition) is 12. The average molecular weight is 754 g/mol. The minimum absolute atomic E-state index is 0.130. The van der Waals surface area contributed by atoms with E-state index in [1.165, 1.54) is 74.9 Å². The molecule has 1 aliphatic rings. The van der Waals surface area contributed by atoms with Gasteiger partial charge in [0.15, 0.2) is 0 Å². The molecule has 0 aliphatic carbocycles. The summed E-state index contributed by atoms with van der Waals surface area (Å²) in [4.78, 5) is 51.2. The van der Waals surface area contributed by atoms with Crippen molar-refractivity contribution in [3.05, 3.63) is 58.1 Å². The SMILES string of the molecule is CCCCCCCCNC(=O)c1cc2cc(c1)Oc1nc(Cl)nc(n1)Oc1cc(cc(C(=O)NCCCCCCCC)c1)Oc1nc(Cl)nc(n1)O2. The minimum atomic E-state index is -0.348. The molecule has 2 N–H and O–H groups in total. The summed E-state index contributed by atoms with van der Waals surface area (Å²) < 4.78 is 23.8. The molecular weight excluding hydrogens is 711 g/mol. The fraction of sp³-hybridized carbons (Fsp3) is 0.444. The molecule has 276 valence electrons. The van der Waals surface area contributed by atoms with Crippen LogP contribution in [0.2, 0.25) is 10.6 Å². The zero-order chi connectivity index (χ0) is 36.7. The van der Waals surface area contributed by atoms with Gasteiger partial charge in [-0.2, -0.15) is 19.9 Å². The summed E-state index contributed by atoms with van der Waals surface area (Å²) in [6.45, 7) is 5.35. The van der Waals surface area contributed by atoms with Gasteiger partial charge < -0.3 is 29.6 Å². The number of carbonyl (C=O) groups is 2. The Bertz CT molecular complexity index is 1620. The quantitative estimate of drug-likeness (QED) is 0.0917. The van der Waals surface area contributed by atoms with Crippen LogP contribution < -0.4 is 29.6 Å². The molecule has 2 amide bonds. The van der Waals surface area contributed by atoms with E-state index in [1.807, 2.05) is 0 Å². The number of halogens is 2. The van der Waals surface area contributed by atoms with Crippen molar-refractivity contribution in [2.24, 2.45) is 0 Å². The molecule has 2 aromatic carbocycles. The van der Waals surface area contributed by atoms with Crippen LogP contribution in [-0.4, -0.2) is 54.8 Å². The first-order valence-corrected chi connectivity index (χ1v) is 18.4. The maximum atomic E-state index is 13.2. The van der Waals surface area contributed by atoms with E-state index in [0.717, 1.165) is 38.5 Å². The lowest BCUT2D eigenvalue weighted by Crippen LogP contribution is -2.24. The van der Waals surface area contributed by atoms with Gasteiger partial charge in [0.25, 0.3) is 11.8 Å². The van der Waals surface area contributed by atoms with Gasteiger partial charge in [-0.25, -0.2) is 0 Å². The van der Waals surface area contributed by atoms with E-state index in [-0.39, 0.29) is 80.5 Å². The van der Waals surface area contributed by atoms with E-state index in [1.54, 1.807) is 0 Å². The molecule has 14 nitrogen and oxygen atoms in total. The van der Waals surface area contributed by atoms with Crippen LogP contribution in [0.1, 0.15) is 112 Å². The van der Waals surface area contributed by atoms with Crippen LogP contribution in [0.15, 0.2) is 36.4 Å². The van der Waals surface area contributed by atoms with Gasteiger partial charge in [-0.3, -0.25) is 9.59 Å². The van der Waals surface area contributed by atoms with Gasteiger partial charge in [-0.05, 0) is 60.3 Å². The number of nitrogens with zero attached hydrogens (tertiary/aromatic N) is 6. The molecule has 0 unspecified atom stereocenters. The standard InChI is InChI=1S/C36H42Cl2N8O6/c1-3-5-7-9-11-13-15-39-29(47)23-17-25-21-26(18-23)50-34-42-32(38)44-36(46-34)52-28-20-24(30(48)40-16-14-12-10-8-6-4-2)19-27(22-28)51-35-43-31(37)41-33(45-35)49-25/h17-22H,3-16H2,1-2H3,(H,39,47)(H,40,48). The van der Waals surface area contributed by atoms with E-state index in [0.29, 0.717) is 13.1 Å². The maximum Gasteiger partial charge on any atom is 0.329 e. The predicted octanol–water partition coefficient (Wildman–Crippen LogP) is 9.03. The first-order valence-electron chi connectivity index (χ1n) is 17.7. The van der Waals surface area contributed by atoms with Crippen molar-refractivity contribution in [3.8, 4) is 47.0 Å². The van der Waals surface area contributed by atoms with Crippen LogP contribution >= 0.6 is 23.2 Å². The predicted molar refractivity (Wildman–Crippen MR) is 194 cm³/mol. The zero-order valence-electron chi connectivity index (χ0n) is 29.3. The van der Waals surface area contributed by atoms with Crippen molar-refractivity contribution in [3.63, 3.8) is 0 Å². The Balaban J connectivity index is 1.41. The fourth-order valence-electron chi connectivity index (χ4n) is 5.29. The number of carbonyl (C=O) groups excluding carboxylic acids is 2. The number of hydrogen-bond donors (Lipinski definition) is 2. The van der Waals surface area contributed by atoms with Crippen LogP contribution in [0.4, 0.5) is 0 Å². The number of benzene rings is 2. The normalized spacial score (nSPS) is 11.8. The zero-order valence-corrected chi connectivity index (χ0v) is 30.8. The highest BCUT2D eigenvalue weighted by Gasteiger charge is 2.19. The Labute approximate surface area is 312 Å². The molecule has 0 saturated carbocycles. The number of unbranched alkanes of at least 4 members (excludes halogenated alkanes) is 10. The summed E-state index contributed by atoms with van der Waals surface area (Å²) in [6, 6.07) is 8.04. The molecular formula is C36H42Cl2N8O6. The van der Waals surface area contributed by atoms with E-state index in [4.69, 9.17) is 42.1 Å². The van der Waals surface area contributed by atoms with Gasteiger partial charge >= 0.3 is 24.0 Å². The lowest BCUT2D eigenvalue weighted by atomic mass is 10.1. The summed E-state index contributed by atoms with van der Waals surface area (Å²) in [5.41, 5.74) is 0.454. The molecule has 0 radical (unpaired) electrons. The second-order valence-corrected chi connectivity index (χ2v) is 12.9. The molecule has 4 aromatic rings. The van der Waals surface area contributed by atoms with Crippen molar-refractivity contribution in [2.75, 3.05) is 13.1 Å².